The lowest BCUT2D eigenvalue weighted by molar-refractivity contribution is 0.470. The molecule has 1 heterocycles. The van der Waals surface area contributed by atoms with Crippen LogP contribution in [0.1, 0.15) is 23.6 Å². The molecule has 3 nitrogen and oxygen atoms in total. The van der Waals surface area contributed by atoms with Crippen molar-refractivity contribution in [3.63, 3.8) is 0 Å². The fraction of sp³-hybridized carbons (Fsp3) is 0.312. The van der Waals surface area contributed by atoms with Crippen molar-refractivity contribution in [1.29, 1.82) is 0 Å². The Labute approximate surface area is 114 Å². The van der Waals surface area contributed by atoms with Gasteiger partial charge in [-0.2, -0.15) is 0 Å². The van der Waals surface area contributed by atoms with Crippen LogP contribution in [-0.4, -0.2) is 11.5 Å². The van der Waals surface area contributed by atoms with E-state index >= 15 is 0 Å². The summed E-state index contributed by atoms with van der Waals surface area (Å²) in [6.07, 6.45) is 3.56. The van der Waals surface area contributed by atoms with Crippen LogP contribution >= 0.6 is 0 Å². The molecule has 1 aromatic heterocycles. The minimum Gasteiger partial charge on any atom is -0.455 e. The summed E-state index contributed by atoms with van der Waals surface area (Å²) in [5, 5.41) is 3.30. The number of hydrogen-bond donors (Lipinski definition) is 1. The van der Waals surface area contributed by atoms with E-state index in [1.165, 1.54) is 11.1 Å². The zero-order chi connectivity index (χ0) is 13.7. The zero-order valence-corrected chi connectivity index (χ0v) is 11.7. The molecule has 2 rings (SSSR count). The topological polar surface area (TPSA) is 34.2 Å². The normalized spacial score (nSPS) is 10.5. The molecule has 3 heteroatoms. The number of aromatic nitrogens is 1. The third-order valence-electron chi connectivity index (χ3n) is 3.14. The van der Waals surface area contributed by atoms with Gasteiger partial charge in [-0.3, -0.25) is 4.98 Å². The van der Waals surface area contributed by atoms with Crippen LogP contribution in [0.2, 0.25) is 0 Å². The highest BCUT2D eigenvalue weighted by atomic mass is 16.5. The Kier molecular flexibility index (Phi) is 4.53. The average Bonchev–Trinajstić information content (AvgIpc) is 2.42. The first-order valence-electron chi connectivity index (χ1n) is 6.59. The maximum Gasteiger partial charge on any atom is 0.150 e. The summed E-state index contributed by atoms with van der Waals surface area (Å²) in [7, 11) is 0. The van der Waals surface area contributed by atoms with E-state index in [0.29, 0.717) is 0 Å². The first-order chi connectivity index (χ1) is 9.20. The molecule has 0 saturated heterocycles. The van der Waals surface area contributed by atoms with E-state index in [2.05, 4.69) is 43.2 Å². The Morgan fingerprint density at radius 2 is 2.00 bits per heavy atom. The summed E-state index contributed by atoms with van der Waals surface area (Å²) >= 11 is 0. The Morgan fingerprint density at radius 3 is 2.74 bits per heavy atom. The highest BCUT2D eigenvalue weighted by Crippen LogP contribution is 2.25. The molecule has 0 aliphatic heterocycles. The number of ether oxygens (including phenoxy) is 1. The van der Waals surface area contributed by atoms with E-state index in [4.69, 9.17) is 4.74 Å². The van der Waals surface area contributed by atoms with Crippen molar-refractivity contribution >= 4 is 0 Å². The molecule has 1 N–H and O–H groups in total. The van der Waals surface area contributed by atoms with Crippen molar-refractivity contribution in [2.24, 2.45) is 0 Å². The number of pyridine rings is 1. The molecular weight excluding hydrogens is 236 g/mol. The summed E-state index contributed by atoms with van der Waals surface area (Å²) in [5.74, 6) is 1.67. The van der Waals surface area contributed by atoms with Crippen molar-refractivity contribution in [2.45, 2.75) is 27.3 Å². The summed E-state index contributed by atoms with van der Waals surface area (Å²) < 4.78 is 5.94. The Morgan fingerprint density at radius 1 is 1.16 bits per heavy atom. The van der Waals surface area contributed by atoms with Gasteiger partial charge in [-0.25, -0.2) is 0 Å². The molecule has 0 fully saturated rings. The van der Waals surface area contributed by atoms with Crippen LogP contribution in [-0.2, 0) is 6.54 Å². The van der Waals surface area contributed by atoms with Crippen molar-refractivity contribution in [3.8, 4) is 11.5 Å². The summed E-state index contributed by atoms with van der Waals surface area (Å²) in [6.45, 7) is 8.00. The van der Waals surface area contributed by atoms with Crippen LogP contribution in [0.4, 0.5) is 0 Å². The van der Waals surface area contributed by atoms with Crippen molar-refractivity contribution in [2.75, 3.05) is 6.54 Å². The van der Waals surface area contributed by atoms with Gasteiger partial charge in [0.15, 0.2) is 0 Å². The predicted molar refractivity (Wildman–Crippen MR) is 77.6 cm³/mol. The monoisotopic (exact) mass is 256 g/mol. The van der Waals surface area contributed by atoms with E-state index < -0.39 is 0 Å². The van der Waals surface area contributed by atoms with Crippen LogP contribution in [0.25, 0.3) is 0 Å². The second-order valence-corrected chi connectivity index (χ2v) is 4.61. The number of nitrogens with zero attached hydrogens (tertiary/aromatic N) is 1. The molecule has 0 saturated carbocycles. The fourth-order valence-corrected chi connectivity index (χ4v) is 1.81. The predicted octanol–water partition coefficient (Wildman–Crippen LogP) is 3.60. The van der Waals surface area contributed by atoms with E-state index in [0.717, 1.165) is 30.2 Å². The Balaban J connectivity index is 2.20. The molecule has 2 aromatic rings. The molecule has 0 amide bonds. The lowest BCUT2D eigenvalue weighted by Gasteiger charge is -2.12. The Bertz CT molecular complexity index is 552. The standard InChI is InChI=1S/C16H20N2O/c1-4-17-10-14-7-8-18-11-16(14)19-15-6-5-12(2)13(3)9-15/h5-9,11,17H,4,10H2,1-3H3. The van der Waals surface area contributed by atoms with E-state index in [1.54, 1.807) is 12.4 Å². The van der Waals surface area contributed by atoms with Gasteiger partial charge in [-0.1, -0.05) is 13.0 Å². The smallest absolute Gasteiger partial charge is 0.150 e. The van der Waals surface area contributed by atoms with Gasteiger partial charge in [-0.05, 0) is 49.7 Å². The number of nitrogens with one attached hydrogen (secondary N) is 1. The number of aryl methyl sites for hydroxylation is 2. The van der Waals surface area contributed by atoms with Gasteiger partial charge in [-0.15, -0.1) is 0 Å². The van der Waals surface area contributed by atoms with E-state index in [9.17, 15) is 0 Å². The van der Waals surface area contributed by atoms with Crippen LogP contribution in [0.5, 0.6) is 11.5 Å². The number of rotatable bonds is 5. The molecular formula is C16H20N2O. The highest BCUT2D eigenvalue weighted by molar-refractivity contribution is 5.39. The first-order valence-corrected chi connectivity index (χ1v) is 6.59. The van der Waals surface area contributed by atoms with Crippen LogP contribution in [0, 0.1) is 13.8 Å². The summed E-state index contributed by atoms with van der Waals surface area (Å²) in [6, 6.07) is 8.11. The Hall–Kier alpha value is -1.87. The molecule has 0 bridgehead atoms. The minimum absolute atomic E-state index is 0.791. The third-order valence-corrected chi connectivity index (χ3v) is 3.14. The molecule has 0 radical (unpaired) electrons. The lowest BCUT2D eigenvalue weighted by atomic mass is 10.1. The molecule has 0 unspecified atom stereocenters. The van der Waals surface area contributed by atoms with Crippen molar-refractivity contribution in [3.05, 3.63) is 53.3 Å². The molecule has 100 valence electrons. The SMILES string of the molecule is CCNCc1ccncc1Oc1ccc(C)c(C)c1. The molecule has 0 aliphatic carbocycles. The van der Waals surface area contributed by atoms with Crippen LogP contribution in [0.3, 0.4) is 0 Å². The second kappa shape index (κ2) is 6.34. The van der Waals surface area contributed by atoms with E-state index in [1.807, 2.05) is 12.1 Å². The van der Waals surface area contributed by atoms with Crippen LogP contribution < -0.4 is 10.1 Å². The highest BCUT2D eigenvalue weighted by Gasteiger charge is 2.05. The number of hydrogen-bond acceptors (Lipinski definition) is 3. The molecule has 1 aromatic carbocycles. The summed E-state index contributed by atoms with van der Waals surface area (Å²) in [4.78, 5) is 4.14. The first kappa shape index (κ1) is 13.6. The largest absolute Gasteiger partial charge is 0.455 e. The number of benzene rings is 1. The fourth-order valence-electron chi connectivity index (χ4n) is 1.81. The molecule has 19 heavy (non-hydrogen) atoms. The van der Waals surface area contributed by atoms with Gasteiger partial charge in [0.05, 0.1) is 6.20 Å². The van der Waals surface area contributed by atoms with Gasteiger partial charge >= 0.3 is 0 Å². The van der Waals surface area contributed by atoms with Gasteiger partial charge in [0.2, 0.25) is 0 Å². The zero-order valence-electron chi connectivity index (χ0n) is 11.7. The van der Waals surface area contributed by atoms with Gasteiger partial charge in [0, 0.05) is 18.3 Å². The van der Waals surface area contributed by atoms with Gasteiger partial charge in [0.25, 0.3) is 0 Å². The maximum atomic E-state index is 5.94. The summed E-state index contributed by atoms with van der Waals surface area (Å²) in [5.41, 5.74) is 3.62. The molecule has 0 spiro atoms. The maximum absolute atomic E-state index is 5.94. The van der Waals surface area contributed by atoms with Crippen molar-refractivity contribution in [1.82, 2.24) is 10.3 Å². The third kappa shape index (κ3) is 3.55. The molecule has 0 atom stereocenters. The van der Waals surface area contributed by atoms with Crippen LogP contribution in [0.15, 0.2) is 36.7 Å². The van der Waals surface area contributed by atoms with E-state index in [-0.39, 0.29) is 0 Å². The van der Waals surface area contributed by atoms with Crippen molar-refractivity contribution < 1.29 is 4.74 Å². The second-order valence-electron chi connectivity index (χ2n) is 4.61. The lowest BCUT2D eigenvalue weighted by Crippen LogP contribution is -2.12. The van der Waals surface area contributed by atoms with Gasteiger partial charge < -0.3 is 10.1 Å². The minimum atomic E-state index is 0.791. The average molecular weight is 256 g/mol. The quantitative estimate of drug-likeness (QED) is 0.887. The van der Waals surface area contributed by atoms with Gasteiger partial charge in [0.1, 0.15) is 11.5 Å². The molecule has 0 aliphatic rings.